The molecule has 4 N–H and O–H groups in total. The van der Waals surface area contributed by atoms with Gasteiger partial charge in [0.15, 0.2) is 0 Å². The van der Waals surface area contributed by atoms with Gasteiger partial charge in [0.1, 0.15) is 13.2 Å². The number of hydrogen-bond donors (Lipinski definition) is 6. The fourth-order valence-electron chi connectivity index (χ4n) is 0.0745. The summed E-state index contributed by atoms with van der Waals surface area (Å²) in [5, 5.41) is 30.5. The Morgan fingerprint density at radius 3 is 1.06 bits per heavy atom. The van der Waals surface area contributed by atoms with Gasteiger partial charge in [-0.3, -0.25) is 9.59 Å². The zero-order chi connectivity index (χ0) is 13.4. The lowest BCUT2D eigenvalue weighted by Gasteiger charge is -1.85. The lowest BCUT2D eigenvalue weighted by Crippen LogP contribution is -1.89. The average Bonchev–Trinajstić information content (AvgIpc) is 2.27. The molecule has 0 saturated heterocycles. The minimum atomic E-state index is -0.495. The molecule has 98 valence electrons. The maximum atomic E-state index is 9.43. The predicted octanol–water partition coefficient (Wildman–Crippen LogP) is -0.862. The molecule has 0 bridgehead atoms. The molecule has 0 heterocycles. The van der Waals surface area contributed by atoms with Gasteiger partial charge in [0.25, 0.3) is 0 Å². The number of carbonyl (C=O) groups is 2. The smallest absolute Gasteiger partial charge is 0.211 e. The van der Waals surface area contributed by atoms with Crippen molar-refractivity contribution in [2.24, 2.45) is 0 Å². The SMILES string of the molecule is O=C(S)CO.O=C(S)CO.OCSSCO. The lowest BCUT2D eigenvalue weighted by molar-refractivity contribution is -0.113. The Kier molecular flexibility index (Phi) is 28.5. The number of hydrogen-bond acceptors (Lipinski definition) is 8. The molecule has 0 aliphatic heterocycles. The Morgan fingerprint density at radius 2 is 1.00 bits per heavy atom. The van der Waals surface area contributed by atoms with Crippen LogP contribution in [0.1, 0.15) is 0 Å². The second kappa shape index (κ2) is 20.9. The van der Waals surface area contributed by atoms with Crippen molar-refractivity contribution in [1.29, 1.82) is 0 Å². The van der Waals surface area contributed by atoms with E-state index >= 15 is 0 Å². The van der Waals surface area contributed by atoms with E-state index < -0.39 is 23.4 Å². The summed E-state index contributed by atoms with van der Waals surface area (Å²) in [6.07, 6.45) is 0. The molecule has 10 heteroatoms. The summed E-state index contributed by atoms with van der Waals surface area (Å²) in [6.45, 7) is -0.938. The van der Waals surface area contributed by atoms with Crippen LogP contribution >= 0.6 is 46.8 Å². The molecule has 0 atom stereocenters. The van der Waals surface area contributed by atoms with E-state index in [4.69, 9.17) is 20.4 Å². The summed E-state index contributed by atoms with van der Waals surface area (Å²) in [4.78, 5) is 18.9. The molecular weight excluding hydrogens is 296 g/mol. The van der Waals surface area contributed by atoms with Crippen LogP contribution in [0.25, 0.3) is 0 Å². The first-order chi connectivity index (χ1) is 7.45. The van der Waals surface area contributed by atoms with Gasteiger partial charge in [0.2, 0.25) is 10.2 Å². The molecule has 0 aliphatic carbocycles. The Morgan fingerprint density at radius 1 is 0.812 bits per heavy atom. The molecule has 0 unspecified atom stereocenters. The van der Waals surface area contributed by atoms with Crippen molar-refractivity contribution in [3.63, 3.8) is 0 Å². The van der Waals surface area contributed by atoms with Crippen LogP contribution in [0.3, 0.4) is 0 Å². The van der Waals surface area contributed by atoms with Gasteiger partial charge < -0.3 is 20.4 Å². The van der Waals surface area contributed by atoms with Crippen LogP contribution in [-0.4, -0.2) is 55.7 Å². The van der Waals surface area contributed by atoms with E-state index in [1.807, 2.05) is 0 Å². The van der Waals surface area contributed by atoms with Gasteiger partial charge >= 0.3 is 0 Å². The zero-order valence-electron chi connectivity index (χ0n) is 8.14. The van der Waals surface area contributed by atoms with Crippen molar-refractivity contribution in [3.8, 4) is 0 Å². The molecule has 6 nitrogen and oxygen atoms in total. The van der Waals surface area contributed by atoms with Crippen LogP contribution in [0.15, 0.2) is 0 Å². The van der Waals surface area contributed by atoms with Crippen LogP contribution in [0.4, 0.5) is 0 Å². The Hall–Kier alpha value is 0.580. The highest BCUT2D eigenvalue weighted by molar-refractivity contribution is 8.76. The Balaban J connectivity index is -0.000000160. The topological polar surface area (TPSA) is 115 Å². The molecule has 0 aromatic carbocycles. The Bertz CT molecular complexity index is 149. The molecule has 0 fully saturated rings. The first kappa shape index (κ1) is 21.8. The van der Waals surface area contributed by atoms with E-state index in [0.717, 1.165) is 0 Å². The molecule has 0 aliphatic rings. The summed E-state index contributed by atoms with van der Waals surface area (Å²) >= 11 is 6.42. The van der Waals surface area contributed by atoms with Crippen molar-refractivity contribution >= 4 is 57.1 Å². The predicted molar refractivity (Wildman–Crippen MR) is 71.5 cm³/mol. The van der Waals surface area contributed by atoms with Gasteiger partial charge in [-0.1, -0.05) is 21.6 Å². The van der Waals surface area contributed by atoms with Gasteiger partial charge in [-0.15, -0.1) is 25.3 Å². The minimum Gasteiger partial charge on any atom is -0.388 e. The second-order valence-electron chi connectivity index (χ2n) is 1.60. The normalized spacial score (nSPS) is 8.12. The molecule has 0 radical (unpaired) electrons. The van der Waals surface area contributed by atoms with E-state index in [1.54, 1.807) is 0 Å². The molecule has 0 rings (SSSR count). The van der Waals surface area contributed by atoms with Crippen LogP contribution < -0.4 is 0 Å². The third kappa shape index (κ3) is 46.8. The molecule has 0 saturated carbocycles. The summed E-state index contributed by atoms with van der Waals surface area (Å²) in [7, 11) is 2.46. The number of aliphatic hydroxyl groups is 4. The monoisotopic (exact) mass is 310 g/mol. The number of thiol groups is 2. The highest BCUT2D eigenvalue weighted by Crippen LogP contribution is 2.16. The lowest BCUT2D eigenvalue weighted by atomic mass is 10.8. The minimum absolute atomic E-state index is 0.0746. The largest absolute Gasteiger partial charge is 0.388 e. The van der Waals surface area contributed by atoms with Gasteiger partial charge in [0, 0.05) is 0 Å². The van der Waals surface area contributed by atoms with Crippen molar-refractivity contribution < 1.29 is 30.0 Å². The second-order valence-corrected chi connectivity index (χ2v) is 5.00. The maximum absolute atomic E-state index is 9.43. The summed E-state index contributed by atoms with van der Waals surface area (Å²) in [6, 6.07) is 0. The number of aliphatic hydroxyl groups excluding tert-OH is 4. The van der Waals surface area contributed by atoms with Crippen molar-refractivity contribution in [3.05, 3.63) is 0 Å². The highest BCUT2D eigenvalue weighted by atomic mass is 33.1. The first-order valence-corrected chi connectivity index (χ1v) is 6.95. The van der Waals surface area contributed by atoms with Crippen LogP contribution in [0.2, 0.25) is 0 Å². The van der Waals surface area contributed by atoms with E-state index in [-0.39, 0.29) is 11.9 Å². The number of carbonyl (C=O) groups excluding carboxylic acids is 2. The molecular formula is C6H14O6S4. The molecule has 0 spiro atoms. The van der Waals surface area contributed by atoms with Crippen molar-refractivity contribution in [2.45, 2.75) is 0 Å². The standard InChI is InChI=1S/C2H6O2S2.2C2H4O2S/c3-1-5-6-2-4;2*3-1-2(4)5/h3-4H,1-2H2;2*3H,1H2,(H,4,5). The van der Waals surface area contributed by atoms with E-state index in [0.29, 0.717) is 0 Å². The van der Waals surface area contributed by atoms with Gasteiger partial charge in [-0.25, -0.2) is 0 Å². The third-order valence-corrected chi connectivity index (χ3v) is 2.25. The summed E-state index contributed by atoms with van der Waals surface area (Å²) in [5.41, 5.74) is 0. The maximum Gasteiger partial charge on any atom is 0.211 e. The van der Waals surface area contributed by atoms with Gasteiger partial charge in [0.05, 0.1) is 11.9 Å². The molecule has 0 aromatic rings. The summed E-state index contributed by atoms with van der Waals surface area (Å²) in [5.74, 6) is 0.149. The number of rotatable bonds is 5. The molecule has 0 aromatic heterocycles. The van der Waals surface area contributed by atoms with E-state index in [1.165, 1.54) is 21.6 Å². The fourth-order valence-corrected chi connectivity index (χ4v) is 0.671. The fraction of sp³-hybridized carbons (Fsp3) is 0.667. The molecule has 0 amide bonds. The van der Waals surface area contributed by atoms with E-state index in [2.05, 4.69) is 25.3 Å². The van der Waals surface area contributed by atoms with Gasteiger partial charge in [-0.2, -0.15) is 0 Å². The van der Waals surface area contributed by atoms with Crippen molar-refractivity contribution in [1.82, 2.24) is 0 Å². The van der Waals surface area contributed by atoms with E-state index in [9.17, 15) is 9.59 Å². The first-order valence-electron chi connectivity index (χ1n) is 3.57. The molecule has 16 heavy (non-hydrogen) atoms. The Labute approximate surface area is 112 Å². The average molecular weight is 310 g/mol. The third-order valence-electron chi connectivity index (χ3n) is 0.459. The highest BCUT2D eigenvalue weighted by Gasteiger charge is 1.80. The van der Waals surface area contributed by atoms with Crippen molar-refractivity contribution in [2.75, 3.05) is 25.1 Å². The van der Waals surface area contributed by atoms with Crippen LogP contribution in [0, 0.1) is 0 Å². The summed E-state index contributed by atoms with van der Waals surface area (Å²) < 4.78 is 0. The zero-order valence-corrected chi connectivity index (χ0v) is 11.6. The van der Waals surface area contributed by atoms with Gasteiger partial charge in [-0.05, 0) is 0 Å². The van der Waals surface area contributed by atoms with Crippen LogP contribution in [0.5, 0.6) is 0 Å². The quantitative estimate of drug-likeness (QED) is 0.168. The van der Waals surface area contributed by atoms with Crippen LogP contribution in [-0.2, 0) is 9.59 Å².